The fourth-order valence-corrected chi connectivity index (χ4v) is 3.01. The predicted molar refractivity (Wildman–Crippen MR) is 91.6 cm³/mol. The molecule has 0 saturated heterocycles. The van der Waals surface area contributed by atoms with Gasteiger partial charge in [-0.2, -0.15) is 13.2 Å². The summed E-state index contributed by atoms with van der Waals surface area (Å²) in [6.45, 7) is 0. The molecule has 4 rings (SSSR count). The van der Waals surface area contributed by atoms with E-state index < -0.39 is 28.6 Å². The second kappa shape index (κ2) is 5.73. The Hall–Kier alpha value is -3.55. The number of rotatable bonds is 1. The summed E-state index contributed by atoms with van der Waals surface area (Å²) in [5.41, 5.74) is -2.55. The van der Waals surface area contributed by atoms with Crippen LogP contribution >= 0.6 is 0 Å². The molecule has 0 spiro atoms. The first-order valence-electron chi connectivity index (χ1n) is 7.71. The Labute approximate surface area is 148 Å². The normalized spacial score (nSPS) is 12.0. The molecule has 2 aromatic heterocycles. The van der Waals surface area contributed by atoms with Gasteiger partial charge in [0.2, 0.25) is 5.43 Å². The van der Waals surface area contributed by atoms with E-state index >= 15 is 0 Å². The number of fused-ring (bicyclic) bond motifs is 3. The summed E-state index contributed by atoms with van der Waals surface area (Å²) < 4.78 is 45.3. The third kappa shape index (κ3) is 2.57. The van der Waals surface area contributed by atoms with E-state index in [2.05, 4.69) is 4.98 Å². The summed E-state index contributed by atoms with van der Waals surface area (Å²) in [4.78, 5) is 16.7. The summed E-state index contributed by atoms with van der Waals surface area (Å²) in [6, 6.07) is 7.37. The van der Waals surface area contributed by atoms with E-state index in [-0.39, 0.29) is 33.1 Å². The highest BCUT2D eigenvalue weighted by atomic mass is 19.4. The third-order valence-corrected chi connectivity index (χ3v) is 4.26. The van der Waals surface area contributed by atoms with Crippen molar-refractivity contribution in [2.45, 2.75) is 6.18 Å². The van der Waals surface area contributed by atoms with Gasteiger partial charge in [0.1, 0.15) is 11.8 Å². The molecule has 0 aliphatic carbocycles. The Bertz CT molecular complexity index is 1260. The van der Waals surface area contributed by atoms with Crippen LogP contribution in [0, 0.1) is 0 Å². The zero-order chi connectivity index (χ0) is 19.3. The first-order chi connectivity index (χ1) is 12.8. The number of nitrogens with zero attached hydrogens (tertiary/aromatic N) is 1. The van der Waals surface area contributed by atoms with Crippen LogP contribution in [0.4, 0.5) is 13.2 Å². The number of aromatic nitrogens is 1. The summed E-state index contributed by atoms with van der Waals surface area (Å²) in [5.74, 6) is -0.820. The number of pyridine rings is 1. The Balaban J connectivity index is 2.12. The van der Waals surface area contributed by atoms with E-state index in [9.17, 15) is 28.2 Å². The van der Waals surface area contributed by atoms with Crippen molar-refractivity contribution < 1.29 is 27.8 Å². The number of phenols is 2. The zero-order valence-corrected chi connectivity index (χ0v) is 13.4. The molecule has 4 aromatic rings. The van der Waals surface area contributed by atoms with Crippen molar-refractivity contribution in [3.63, 3.8) is 0 Å². The highest BCUT2D eigenvalue weighted by Gasteiger charge is 2.35. The third-order valence-electron chi connectivity index (χ3n) is 4.26. The van der Waals surface area contributed by atoms with Gasteiger partial charge in [0.15, 0.2) is 11.5 Å². The number of phenolic OH excluding ortho intramolecular Hbond substituents is 2. The van der Waals surface area contributed by atoms with Crippen LogP contribution in [-0.4, -0.2) is 15.2 Å². The monoisotopic (exact) mass is 373 g/mol. The maximum Gasteiger partial charge on any atom is 0.418 e. The van der Waals surface area contributed by atoms with Crippen LogP contribution in [0.25, 0.3) is 33.0 Å². The summed E-state index contributed by atoms with van der Waals surface area (Å²) >= 11 is 0. The molecule has 0 fully saturated rings. The van der Waals surface area contributed by atoms with Gasteiger partial charge in [-0.05, 0) is 36.4 Å². The fourth-order valence-electron chi connectivity index (χ4n) is 3.01. The second-order valence-corrected chi connectivity index (χ2v) is 5.84. The van der Waals surface area contributed by atoms with Crippen molar-refractivity contribution >= 4 is 21.7 Å². The number of alkyl halides is 3. The van der Waals surface area contributed by atoms with Crippen LogP contribution < -0.4 is 5.43 Å². The first kappa shape index (κ1) is 16.9. The van der Waals surface area contributed by atoms with Gasteiger partial charge < -0.3 is 14.6 Å². The molecule has 27 heavy (non-hydrogen) atoms. The summed E-state index contributed by atoms with van der Waals surface area (Å²) in [7, 11) is 0. The molecule has 8 heteroatoms. The van der Waals surface area contributed by atoms with Gasteiger partial charge in [-0.3, -0.25) is 9.78 Å². The number of hydrogen-bond donors (Lipinski definition) is 2. The van der Waals surface area contributed by atoms with E-state index in [1.807, 2.05) is 0 Å². The molecule has 0 radical (unpaired) electrons. The van der Waals surface area contributed by atoms with E-state index in [1.165, 1.54) is 24.3 Å². The molecular weight excluding hydrogens is 363 g/mol. The molecule has 2 aromatic carbocycles. The van der Waals surface area contributed by atoms with Crippen molar-refractivity contribution in [2.75, 3.05) is 0 Å². The molecular formula is C19H10F3NO4. The van der Waals surface area contributed by atoms with Crippen LogP contribution in [-0.2, 0) is 6.18 Å². The highest BCUT2D eigenvalue weighted by Crippen LogP contribution is 2.38. The lowest BCUT2D eigenvalue weighted by atomic mass is 10.0. The quantitative estimate of drug-likeness (QED) is 0.381. The Morgan fingerprint density at radius 2 is 1.74 bits per heavy atom. The van der Waals surface area contributed by atoms with Crippen molar-refractivity contribution in [1.29, 1.82) is 0 Å². The van der Waals surface area contributed by atoms with E-state index in [4.69, 9.17) is 4.42 Å². The van der Waals surface area contributed by atoms with Gasteiger partial charge in [0.25, 0.3) is 0 Å². The molecule has 5 nitrogen and oxygen atoms in total. The maximum atomic E-state index is 13.3. The van der Waals surface area contributed by atoms with E-state index in [0.29, 0.717) is 0 Å². The lowest BCUT2D eigenvalue weighted by molar-refractivity contribution is -0.137. The summed E-state index contributed by atoms with van der Waals surface area (Å²) in [6.07, 6.45) is -2.61. The second-order valence-electron chi connectivity index (χ2n) is 5.84. The van der Waals surface area contributed by atoms with Crippen LogP contribution in [0.15, 0.2) is 58.1 Å². The van der Waals surface area contributed by atoms with Gasteiger partial charge in [-0.25, -0.2) is 0 Å². The minimum Gasteiger partial charge on any atom is -0.504 e. The molecule has 0 atom stereocenters. The van der Waals surface area contributed by atoms with Crippen LogP contribution in [0.2, 0.25) is 0 Å². The molecule has 0 bridgehead atoms. The molecule has 2 heterocycles. The van der Waals surface area contributed by atoms with E-state index in [1.54, 1.807) is 0 Å². The molecule has 0 aliphatic rings. The SMILES string of the molecule is O=c1c(-c2ncccc2C(F)(F)F)coc2ccc3c(O)c(O)ccc3c12. The standard InChI is InChI=1S/C19H10F3NO4/c20-19(21,22)12-2-1-7-23-16(12)11-8-27-14-6-4-10-9(15(14)18(11)26)3-5-13(24)17(10)25/h1-8,24-25H. The minimum absolute atomic E-state index is 0.0147. The molecule has 0 amide bonds. The first-order valence-corrected chi connectivity index (χ1v) is 7.71. The van der Waals surface area contributed by atoms with Crippen LogP contribution in [0.3, 0.4) is 0 Å². The molecule has 0 saturated carbocycles. The number of hydrogen-bond acceptors (Lipinski definition) is 5. The molecule has 2 N–H and O–H groups in total. The maximum absolute atomic E-state index is 13.3. The predicted octanol–water partition coefficient (Wildman–Crippen LogP) is 4.44. The van der Waals surface area contributed by atoms with Crippen LogP contribution in [0.1, 0.15) is 5.56 Å². The van der Waals surface area contributed by atoms with Gasteiger partial charge in [-0.1, -0.05) is 0 Å². The number of halogens is 3. The van der Waals surface area contributed by atoms with Crippen LogP contribution in [0.5, 0.6) is 11.5 Å². The lowest BCUT2D eigenvalue weighted by Crippen LogP contribution is -2.13. The topological polar surface area (TPSA) is 83.6 Å². The van der Waals surface area contributed by atoms with Gasteiger partial charge in [0, 0.05) is 17.0 Å². The Morgan fingerprint density at radius 3 is 2.48 bits per heavy atom. The van der Waals surface area contributed by atoms with Crippen molar-refractivity contribution in [2.24, 2.45) is 0 Å². The Kier molecular flexibility index (Phi) is 3.59. The minimum atomic E-state index is -4.70. The Morgan fingerprint density at radius 1 is 1.00 bits per heavy atom. The van der Waals surface area contributed by atoms with Crippen molar-refractivity contribution in [1.82, 2.24) is 4.98 Å². The van der Waals surface area contributed by atoms with Gasteiger partial charge >= 0.3 is 6.18 Å². The largest absolute Gasteiger partial charge is 0.504 e. The number of aromatic hydroxyl groups is 2. The zero-order valence-electron chi connectivity index (χ0n) is 13.4. The average molecular weight is 373 g/mol. The van der Waals surface area contributed by atoms with Gasteiger partial charge in [0.05, 0.1) is 22.2 Å². The number of benzene rings is 2. The van der Waals surface area contributed by atoms with Crippen molar-refractivity contribution in [3.05, 3.63) is 64.6 Å². The summed E-state index contributed by atoms with van der Waals surface area (Å²) in [5, 5.41) is 20.0. The smallest absolute Gasteiger partial charge is 0.418 e. The molecule has 0 unspecified atom stereocenters. The van der Waals surface area contributed by atoms with Gasteiger partial charge in [-0.15, -0.1) is 0 Å². The van der Waals surface area contributed by atoms with Crippen molar-refractivity contribution in [3.8, 4) is 22.8 Å². The lowest BCUT2D eigenvalue weighted by Gasteiger charge is -2.12. The van der Waals surface area contributed by atoms with E-state index in [0.717, 1.165) is 24.6 Å². The molecule has 0 aliphatic heterocycles. The fraction of sp³-hybridized carbons (Fsp3) is 0.0526. The molecule has 136 valence electrons. The average Bonchev–Trinajstić information content (AvgIpc) is 2.64. The highest BCUT2D eigenvalue weighted by molar-refractivity contribution is 6.09.